The van der Waals surface area contributed by atoms with Gasteiger partial charge in [0.25, 0.3) is 0 Å². The number of hydrogen-bond acceptors (Lipinski definition) is 1. The summed E-state index contributed by atoms with van der Waals surface area (Å²) in [6.45, 7) is 18.4. The maximum absolute atomic E-state index is 2.56. The second-order valence-corrected chi connectivity index (χ2v) is 13.5. The van der Waals surface area contributed by atoms with Crippen LogP contribution in [0.15, 0.2) is 91.0 Å². The summed E-state index contributed by atoms with van der Waals surface area (Å²) < 4.78 is 0. The smallest absolute Gasteiger partial charge is 0.0544 e. The number of hydrogen-bond donors (Lipinski definition) is 0. The maximum Gasteiger partial charge on any atom is 0.0544 e. The molecule has 2 aliphatic rings. The van der Waals surface area contributed by atoms with Gasteiger partial charge in [0.05, 0.1) is 17.1 Å². The van der Waals surface area contributed by atoms with Gasteiger partial charge >= 0.3 is 0 Å². The lowest BCUT2D eigenvalue weighted by Crippen LogP contribution is -2.38. The van der Waals surface area contributed by atoms with Gasteiger partial charge < -0.3 is 4.90 Å². The average molecular weight is 534 g/mol. The van der Waals surface area contributed by atoms with E-state index in [4.69, 9.17) is 0 Å². The van der Waals surface area contributed by atoms with Gasteiger partial charge in [-0.1, -0.05) is 111 Å². The summed E-state index contributed by atoms with van der Waals surface area (Å²) in [7, 11) is 0. The molecule has 0 N–H and O–H groups in total. The molecule has 2 heterocycles. The van der Waals surface area contributed by atoms with Crippen LogP contribution in [0.25, 0.3) is 22.3 Å². The summed E-state index contributed by atoms with van der Waals surface area (Å²) in [6.07, 6.45) is 0. The first-order valence-corrected chi connectivity index (χ1v) is 14.9. The fourth-order valence-corrected chi connectivity index (χ4v) is 7.55. The molecule has 0 radical (unpaired) electrons. The molecule has 0 atom stereocenters. The zero-order chi connectivity index (χ0) is 28.8. The van der Waals surface area contributed by atoms with Crippen molar-refractivity contribution in [2.24, 2.45) is 0 Å². The maximum atomic E-state index is 2.56. The second-order valence-electron chi connectivity index (χ2n) is 13.5. The molecule has 5 aromatic rings. The molecule has 0 saturated heterocycles. The first-order chi connectivity index (χ1) is 19.4. The van der Waals surface area contributed by atoms with Gasteiger partial charge in [-0.15, -0.1) is 0 Å². The molecule has 0 aromatic heterocycles. The first kappa shape index (κ1) is 25.8. The van der Waals surface area contributed by atoms with Gasteiger partial charge in [0.1, 0.15) is 0 Å². The van der Waals surface area contributed by atoms with E-state index in [0.29, 0.717) is 0 Å². The fraction of sp³-hybridized carbons (Fsp3) is 0.250. The Balaban J connectivity index is 1.55. The molecular formula is C40H39N. The molecule has 0 unspecified atom stereocenters. The quantitative estimate of drug-likeness (QED) is 0.218. The van der Waals surface area contributed by atoms with Crippen molar-refractivity contribution in [2.45, 2.75) is 66.2 Å². The van der Waals surface area contributed by atoms with E-state index in [2.05, 4.69) is 151 Å². The van der Waals surface area contributed by atoms with Gasteiger partial charge in [0.15, 0.2) is 0 Å². The van der Waals surface area contributed by atoms with Crippen LogP contribution in [0.3, 0.4) is 0 Å². The standard InChI is InChI=1S/C40H39N/c1-24-15-25(2)18-29(17-24)28-13-14-37-33(21-28)40(7,8)35-23-31(30-19-26(3)16-27(4)20-30)22-34-38(35)41(37)36-12-10-9-11-32(36)39(34,5)6/h9-23H,1-8H3. The number of rotatable bonds is 2. The average Bonchev–Trinajstić information content (AvgIpc) is 2.91. The summed E-state index contributed by atoms with van der Waals surface area (Å²) in [5.41, 5.74) is 19.6. The second kappa shape index (κ2) is 8.70. The Bertz CT molecular complexity index is 1840. The summed E-state index contributed by atoms with van der Waals surface area (Å²) in [6, 6.07) is 34.9. The van der Waals surface area contributed by atoms with Gasteiger partial charge in [0, 0.05) is 10.8 Å². The molecule has 0 saturated carbocycles. The molecule has 204 valence electrons. The van der Waals surface area contributed by atoms with Crippen LogP contribution in [0.1, 0.15) is 72.2 Å². The van der Waals surface area contributed by atoms with Gasteiger partial charge in [-0.3, -0.25) is 0 Å². The Morgan fingerprint density at radius 3 is 1.44 bits per heavy atom. The Hall–Kier alpha value is -4.10. The molecule has 1 nitrogen and oxygen atoms in total. The molecule has 7 rings (SSSR count). The number of aryl methyl sites for hydroxylation is 4. The lowest BCUT2D eigenvalue weighted by atomic mass is 9.65. The van der Waals surface area contributed by atoms with Gasteiger partial charge in [-0.05, 0) is 103 Å². The summed E-state index contributed by atoms with van der Waals surface area (Å²) in [5, 5.41) is 0. The van der Waals surface area contributed by atoms with Crippen molar-refractivity contribution < 1.29 is 0 Å². The lowest BCUT2D eigenvalue weighted by Gasteiger charge is -2.50. The summed E-state index contributed by atoms with van der Waals surface area (Å²) in [4.78, 5) is 2.56. The zero-order valence-electron chi connectivity index (χ0n) is 25.6. The van der Waals surface area contributed by atoms with Crippen LogP contribution in [0.2, 0.25) is 0 Å². The highest BCUT2D eigenvalue weighted by Gasteiger charge is 2.45. The monoisotopic (exact) mass is 533 g/mol. The van der Waals surface area contributed by atoms with E-state index in [9.17, 15) is 0 Å². The van der Waals surface area contributed by atoms with Crippen molar-refractivity contribution in [1.82, 2.24) is 0 Å². The van der Waals surface area contributed by atoms with E-state index in [-0.39, 0.29) is 10.8 Å². The Labute approximate surface area is 245 Å². The van der Waals surface area contributed by atoms with Crippen molar-refractivity contribution in [2.75, 3.05) is 4.90 Å². The van der Waals surface area contributed by atoms with Crippen LogP contribution in [0, 0.1) is 27.7 Å². The zero-order valence-corrected chi connectivity index (χ0v) is 25.6. The Morgan fingerprint density at radius 1 is 0.415 bits per heavy atom. The SMILES string of the molecule is Cc1cc(C)cc(-c2ccc3c(c2)C(C)(C)c2cc(-c4cc(C)cc(C)c4)cc4c2N3c2ccccc2C4(C)C)c1. The molecule has 0 amide bonds. The minimum atomic E-state index is -0.179. The lowest BCUT2D eigenvalue weighted by molar-refractivity contribution is 0.598. The molecule has 0 fully saturated rings. The van der Waals surface area contributed by atoms with Crippen molar-refractivity contribution in [3.63, 3.8) is 0 Å². The van der Waals surface area contributed by atoms with Crippen LogP contribution in [-0.4, -0.2) is 0 Å². The van der Waals surface area contributed by atoms with Crippen LogP contribution in [-0.2, 0) is 10.8 Å². The van der Waals surface area contributed by atoms with Gasteiger partial charge in [-0.25, -0.2) is 0 Å². The van der Waals surface area contributed by atoms with Crippen molar-refractivity contribution in [3.05, 3.63) is 136 Å². The molecular weight excluding hydrogens is 494 g/mol. The number of nitrogens with zero attached hydrogens (tertiary/aromatic N) is 1. The summed E-state index contributed by atoms with van der Waals surface area (Å²) >= 11 is 0. The summed E-state index contributed by atoms with van der Waals surface area (Å²) in [5.74, 6) is 0. The molecule has 2 aliphatic heterocycles. The third kappa shape index (κ3) is 3.82. The molecule has 0 aliphatic carbocycles. The molecule has 41 heavy (non-hydrogen) atoms. The minimum absolute atomic E-state index is 0.126. The van der Waals surface area contributed by atoms with Crippen LogP contribution >= 0.6 is 0 Å². The minimum Gasteiger partial charge on any atom is -0.309 e. The number of para-hydroxylation sites is 1. The van der Waals surface area contributed by atoms with Crippen LogP contribution in [0.5, 0.6) is 0 Å². The topological polar surface area (TPSA) is 3.24 Å². The highest BCUT2D eigenvalue weighted by molar-refractivity contribution is 5.95. The third-order valence-corrected chi connectivity index (χ3v) is 9.52. The number of benzene rings is 5. The number of anilines is 3. The van der Waals surface area contributed by atoms with E-state index in [0.717, 1.165) is 0 Å². The van der Waals surface area contributed by atoms with E-state index in [1.54, 1.807) is 0 Å². The normalized spacial score (nSPS) is 15.7. The third-order valence-electron chi connectivity index (χ3n) is 9.52. The molecule has 0 spiro atoms. The van der Waals surface area contributed by atoms with Gasteiger partial charge in [-0.2, -0.15) is 0 Å². The Kier molecular flexibility index (Phi) is 5.48. The van der Waals surface area contributed by atoms with Crippen LogP contribution in [0.4, 0.5) is 17.1 Å². The van der Waals surface area contributed by atoms with Crippen LogP contribution < -0.4 is 4.90 Å². The van der Waals surface area contributed by atoms with Crippen molar-refractivity contribution in [3.8, 4) is 22.3 Å². The molecule has 1 heteroatoms. The highest BCUT2D eigenvalue weighted by Crippen LogP contribution is 2.61. The van der Waals surface area contributed by atoms with Crippen molar-refractivity contribution in [1.29, 1.82) is 0 Å². The van der Waals surface area contributed by atoms with E-state index < -0.39 is 0 Å². The van der Waals surface area contributed by atoms with E-state index in [1.807, 2.05) is 0 Å². The largest absolute Gasteiger partial charge is 0.309 e. The van der Waals surface area contributed by atoms with Crippen molar-refractivity contribution >= 4 is 17.1 Å². The Morgan fingerprint density at radius 2 is 0.854 bits per heavy atom. The predicted molar refractivity (Wildman–Crippen MR) is 175 cm³/mol. The number of fused-ring (bicyclic) bond motifs is 4. The highest BCUT2D eigenvalue weighted by atomic mass is 15.2. The molecule has 0 bridgehead atoms. The molecule has 5 aromatic carbocycles. The fourth-order valence-electron chi connectivity index (χ4n) is 7.55. The van der Waals surface area contributed by atoms with E-state index in [1.165, 1.54) is 83.8 Å². The first-order valence-electron chi connectivity index (χ1n) is 14.9. The van der Waals surface area contributed by atoms with Gasteiger partial charge in [0.2, 0.25) is 0 Å². The van der Waals surface area contributed by atoms with E-state index >= 15 is 0 Å². The predicted octanol–water partition coefficient (Wildman–Crippen LogP) is 11.0.